The van der Waals surface area contributed by atoms with E-state index in [1.54, 1.807) is 48.5 Å². The molecule has 5 aromatic carbocycles. The summed E-state index contributed by atoms with van der Waals surface area (Å²) in [6.45, 7) is 1.52. The van der Waals surface area contributed by atoms with E-state index < -0.39 is 27.9 Å². The van der Waals surface area contributed by atoms with Gasteiger partial charge >= 0.3 is 0 Å². The van der Waals surface area contributed by atoms with Crippen LogP contribution in [0, 0.1) is 5.41 Å². The molecule has 0 saturated heterocycles. The quantitative estimate of drug-likeness (QED) is 0.0600. The number of nitrogen functional groups attached to an aromatic ring is 1. The molecular weight excluding hydrogens is 671 g/mol. The summed E-state index contributed by atoms with van der Waals surface area (Å²) in [5.74, 6) is -0.778. The number of benzene rings is 5. The van der Waals surface area contributed by atoms with Gasteiger partial charge < -0.3 is 30.9 Å². The number of hydrogen-bond acceptors (Lipinski definition) is 8. The summed E-state index contributed by atoms with van der Waals surface area (Å²) in [7, 11) is -2.61. The number of carboxylic acid groups (broad SMARTS) is 1. The average molecular weight is 710 g/mol. The Bertz CT molecular complexity index is 2020. The molecule has 12 nitrogen and oxygen atoms in total. The average Bonchev–Trinajstić information content (AvgIpc) is 3.13. The van der Waals surface area contributed by atoms with Crippen LogP contribution in [0.2, 0.25) is 0 Å². The Morgan fingerprint density at radius 2 is 1.37 bits per heavy atom. The first-order valence-corrected chi connectivity index (χ1v) is 17.1. The second-order valence-corrected chi connectivity index (χ2v) is 12.8. The number of nitrogens with one attached hydrogen (secondary N) is 4. The molecule has 1 atom stereocenters. The van der Waals surface area contributed by atoms with Gasteiger partial charge in [-0.05, 0) is 53.6 Å². The van der Waals surface area contributed by atoms with Crippen LogP contribution in [0.15, 0.2) is 132 Å². The van der Waals surface area contributed by atoms with E-state index in [1.165, 1.54) is 25.3 Å². The largest absolute Gasteiger partial charge is 0.493 e. The number of nitrogens with two attached hydrogens (primary N) is 1. The number of amides is 1. The molecule has 0 fully saturated rings. The third-order valence-electron chi connectivity index (χ3n) is 7.26. The SMILES string of the molecule is CC(=O)O.COc1cc(C(Nc2ccc(C(=N)N)cc2)C(=O)NCc2ccccc2)c(NS(=O)(=O)c2ccccc2)cc1OCc1ccccc1. The molecular formula is C38H39N5O7S. The molecule has 5 aromatic rings. The van der Waals surface area contributed by atoms with Gasteiger partial charge in [0, 0.05) is 36.3 Å². The van der Waals surface area contributed by atoms with Crippen molar-refractivity contribution in [1.82, 2.24) is 5.32 Å². The molecule has 1 unspecified atom stereocenters. The third kappa shape index (κ3) is 11.1. The Hall–Kier alpha value is -6.34. The van der Waals surface area contributed by atoms with Gasteiger partial charge in [0.15, 0.2) is 11.5 Å². The maximum absolute atomic E-state index is 14.0. The predicted octanol–water partition coefficient (Wildman–Crippen LogP) is 5.92. The molecule has 0 aromatic heterocycles. The molecule has 0 aliphatic heterocycles. The third-order valence-corrected chi connectivity index (χ3v) is 8.64. The van der Waals surface area contributed by atoms with E-state index in [0.717, 1.165) is 18.1 Å². The molecule has 51 heavy (non-hydrogen) atoms. The van der Waals surface area contributed by atoms with Gasteiger partial charge in [0.05, 0.1) is 17.7 Å². The highest BCUT2D eigenvalue weighted by atomic mass is 32.2. The van der Waals surface area contributed by atoms with E-state index in [9.17, 15) is 13.2 Å². The molecule has 7 N–H and O–H groups in total. The first-order chi connectivity index (χ1) is 24.5. The molecule has 1 amide bonds. The van der Waals surface area contributed by atoms with E-state index >= 15 is 0 Å². The Labute approximate surface area is 296 Å². The second-order valence-electron chi connectivity index (χ2n) is 11.1. The first-order valence-electron chi connectivity index (χ1n) is 15.7. The van der Waals surface area contributed by atoms with E-state index in [0.29, 0.717) is 17.0 Å². The van der Waals surface area contributed by atoms with Crippen LogP contribution >= 0.6 is 0 Å². The van der Waals surface area contributed by atoms with Crippen molar-refractivity contribution in [3.8, 4) is 11.5 Å². The standard InChI is InChI=1S/C36H35N5O5S.C2H4O2/c1-45-32-21-30(34(36(42)39-23-25-11-5-2-6-12-25)40-28-19-17-27(18-20-28)35(37)38)31(41-47(43,44)29-15-9-4-10-16-29)22-33(32)46-24-26-13-7-3-8-14-26;1-2(3)4/h2-22,34,40-41H,23-24H2,1H3,(H3,37,38)(H,39,42);1H3,(H,3,4). The summed E-state index contributed by atoms with van der Waals surface area (Å²) >= 11 is 0. The second kappa shape index (κ2) is 17.9. The van der Waals surface area contributed by atoms with Crippen molar-refractivity contribution in [2.75, 3.05) is 17.1 Å². The maximum Gasteiger partial charge on any atom is 0.300 e. The van der Waals surface area contributed by atoms with Crippen molar-refractivity contribution in [2.45, 2.75) is 31.0 Å². The van der Waals surface area contributed by atoms with Gasteiger partial charge in [0.25, 0.3) is 16.0 Å². The summed E-state index contributed by atoms with van der Waals surface area (Å²) in [6.07, 6.45) is 0. The van der Waals surface area contributed by atoms with Crippen LogP contribution < -0.4 is 30.6 Å². The topological polar surface area (TPSA) is 193 Å². The molecule has 0 radical (unpaired) electrons. The summed E-state index contributed by atoms with van der Waals surface area (Å²) in [5, 5.41) is 21.3. The lowest BCUT2D eigenvalue weighted by Crippen LogP contribution is -2.34. The van der Waals surface area contributed by atoms with Gasteiger partial charge in [-0.15, -0.1) is 0 Å². The van der Waals surface area contributed by atoms with Crippen molar-refractivity contribution in [1.29, 1.82) is 5.41 Å². The lowest BCUT2D eigenvalue weighted by atomic mass is 10.0. The number of carbonyl (C=O) groups excluding carboxylic acids is 1. The zero-order chi connectivity index (χ0) is 36.8. The highest BCUT2D eigenvalue weighted by Crippen LogP contribution is 2.39. The van der Waals surface area contributed by atoms with Crippen LogP contribution in [0.1, 0.15) is 35.2 Å². The van der Waals surface area contributed by atoms with Gasteiger partial charge in [-0.25, -0.2) is 8.42 Å². The van der Waals surface area contributed by atoms with Gasteiger partial charge in [-0.1, -0.05) is 78.9 Å². The zero-order valence-corrected chi connectivity index (χ0v) is 28.8. The summed E-state index contributed by atoms with van der Waals surface area (Å²) < 4.78 is 41.7. The molecule has 264 valence electrons. The summed E-state index contributed by atoms with van der Waals surface area (Å²) in [6, 6.07) is 35.6. The minimum absolute atomic E-state index is 0.0476. The monoisotopic (exact) mass is 709 g/mol. The van der Waals surface area contributed by atoms with Crippen LogP contribution in [0.25, 0.3) is 0 Å². The lowest BCUT2D eigenvalue weighted by Gasteiger charge is -2.25. The normalized spacial score (nSPS) is 11.2. The number of amidine groups is 1. The van der Waals surface area contributed by atoms with Crippen molar-refractivity contribution in [3.63, 3.8) is 0 Å². The maximum atomic E-state index is 14.0. The predicted molar refractivity (Wildman–Crippen MR) is 196 cm³/mol. The number of rotatable bonds is 14. The number of ether oxygens (including phenoxy) is 2. The highest BCUT2D eigenvalue weighted by molar-refractivity contribution is 7.92. The Kier molecular flexibility index (Phi) is 13.1. The van der Waals surface area contributed by atoms with E-state index in [4.69, 9.17) is 30.5 Å². The fraction of sp³-hybridized carbons (Fsp3) is 0.132. The Morgan fingerprint density at radius 1 is 0.824 bits per heavy atom. The summed E-state index contributed by atoms with van der Waals surface area (Å²) in [5.41, 5.74) is 8.88. The van der Waals surface area contributed by atoms with Crippen LogP contribution in [0.4, 0.5) is 11.4 Å². The molecule has 0 bridgehead atoms. The number of anilines is 2. The number of sulfonamides is 1. The smallest absolute Gasteiger partial charge is 0.300 e. The first kappa shape index (κ1) is 37.5. The van der Waals surface area contributed by atoms with Crippen LogP contribution in [0.3, 0.4) is 0 Å². The van der Waals surface area contributed by atoms with E-state index in [1.807, 2.05) is 60.7 Å². The van der Waals surface area contributed by atoms with E-state index in [-0.39, 0.29) is 40.9 Å². The van der Waals surface area contributed by atoms with E-state index in [2.05, 4.69) is 15.4 Å². The van der Waals surface area contributed by atoms with Crippen LogP contribution in [-0.2, 0) is 32.8 Å². The van der Waals surface area contributed by atoms with Gasteiger partial charge in [0.1, 0.15) is 18.5 Å². The fourth-order valence-electron chi connectivity index (χ4n) is 4.80. The number of carbonyl (C=O) groups is 2. The number of aliphatic carboxylic acids is 1. The number of hydrogen-bond donors (Lipinski definition) is 6. The molecule has 0 aliphatic rings. The molecule has 0 heterocycles. The Balaban J connectivity index is 0.00000138. The molecule has 13 heteroatoms. The fourth-order valence-corrected chi connectivity index (χ4v) is 5.90. The van der Waals surface area contributed by atoms with Crippen molar-refractivity contribution in [2.24, 2.45) is 5.73 Å². The van der Waals surface area contributed by atoms with Gasteiger partial charge in [-0.3, -0.25) is 19.7 Å². The van der Waals surface area contributed by atoms with Crippen molar-refractivity contribution < 1.29 is 32.6 Å². The van der Waals surface area contributed by atoms with Gasteiger partial charge in [0.2, 0.25) is 5.91 Å². The molecule has 5 rings (SSSR count). The summed E-state index contributed by atoms with van der Waals surface area (Å²) in [4.78, 5) is 23.1. The molecule has 0 saturated carbocycles. The number of carboxylic acids is 1. The minimum atomic E-state index is -4.09. The minimum Gasteiger partial charge on any atom is -0.493 e. The Morgan fingerprint density at radius 3 is 1.92 bits per heavy atom. The molecule has 0 aliphatic carbocycles. The lowest BCUT2D eigenvalue weighted by molar-refractivity contribution is -0.134. The highest BCUT2D eigenvalue weighted by Gasteiger charge is 2.28. The van der Waals surface area contributed by atoms with Crippen molar-refractivity contribution in [3.05, 3.63) is 150 Å². The van der Waals surface area contributed by atoms with Gasteiger partial charge in [-0.2, -0.15) is 0 Å². The van der Waals surface area contributed by atoms with Crippen LogP contribution in [0.5, 0.6) is 11.5 Å². The molecule has 0 spiro atoms. The van der Waals surface area contributed by atoms with Crippen molar-refractivity contribution >= 4 is 39.1 Å². The zero-order valence-electron chi connectivity index (χ0n) is 28.0. The number of methoxy groups -OCH3 is 1. The van der Waals surface area contributed by atoms with Crippen LogP contribution in [-0.4, -0.2) is 38.3 Å².